The SMILES string of the molecule is Cc1nn(C(=O)NC2(C)CCCCC2)c(=O)n1N. The van der Waals surface area contributed by atoms with Gasteiger partial charge in [-0.2, -0.15) is 4.68 Å². The van der Waals surface area contributed by atoms with E-state index in [0.717, 1.165) is 35.0 Å². The van der Waals surface area contributed by atoms with E-state index in [0.29, 0.717) is 5.82 Å². The fraction of sp³-hybridized carbons (Fsp3) is 0.727. The van der Waals surface area contributed by atoms with Crippen LogP contribution in [0, 0.1) is 6.92 Å². The molecule has 0 aromatic carbocycles. The van der Waals surface area contributed by atoms with E-state index in [1.54, 1.807) is 6.92 Å². The first-order valence-corrected chi connectivity index (χ1v) is 6.19. The molecule has 7 nitrogen and oxygen atoms in total. The highest BCUT2D eigenvalue weighted by Crippen LogP contribution is 2.27. The first kappa shape index (κ1) is 12.7. The number of hydrogen-bond acceptors (Lipinski definition) is 4. The average molecular weight is 253 g/mol. The third-order valence-electron chi connectivity index (χ3n) is 3.54. The van der Waals surface area contributed by atoms with E-state index in [2.05, 4.69) is 10.4 Å². The molecule has 1 aromatic heterocycles. The molecule has 100 valence electrons. The van der Waals surface area contributed by atoms with Crippen LogP contribution in [-0.2, 0) is 0 Å². The van der Waals surface area contributed by atoms with E-state index in [1.807, 2.05) is 6.92 Å². The van der Waals surface area contributed by atoms with E-state index >= 15 is 0 Å². The van der Waals surface area contributed by atoms with Crippen molar-refractivity contribution < 1.29 is 4.79 Å². The molecule has 0 unspecified atom stereocenters. The molecular weight excluding hydrogens is 234 g/mol. The largest absolute Gasteiger partial charge is 0.373 e. The molecule has 0 saturated heterocycles. The van der Waals surface area contributed by atoms with Gasteiger partial charge in [0, 0.05) is 5.54 Å². The second-order valence-corrected chi connectivity index (χ2v) is 5.16. The molecule has 1 aliphatic rings. The molecule has 0 spiro atoms. The summed E-state index contributed by atoms with van der Waals surface area (Å²) in [5.41, 5.74) is -0.870. The smallest absolute Gasteiger partial charge is 0.333 e. The van der Waals surface area contributed by atoms with Gasteiger partial charge in [-0.15, -0.1) is 9.78 Å². The molecule has 1 aliphatic carbocycles. The fourth-order valence-corrected chi connectivity index (χ4v) is 2.38. The highest BCUT2D eigenvalue weighted by molar-refractivity contribution is 5.76. The molecule has 2 rings (SSSR count). The van der Waals surface area contributed by atoms with Gasteiger partial charge in [-0.3, -0.25) is 0 Å². The van der Waals surface area contributed by atoms with Gasteiger partial charge in [-0.25, -0.2) is 9.59 Å². The molecule has 3 N–H and O–H groups in total. The quantitative estimate of drug-likeness (QED) is 0.706. The van der Waals surface area contributed by atoms with Crippen LogP contribution >= 0.6 is 0 Å². The Morgan fingerprint density at radius 3 is 2.50 bits per heavy atom. The van der Waals surface area contributed by atoms with Crippen molar-refractivity contribution in [2.24, 2.45) is 0 Å². The molecule has 18 heavy (non-hydrogen) atoms. The lowest BCUT2D eigenvalue weighted by Gasteiger charge is -2.34. The lowest BCUT2D eigenvalue weighted by molar-refractivity contribution is 0.209. The van der Waals surface area contributed by atoms with Crippen molar-refractivity contribution in [3.8, 4) is 0 Å². The Bertz CT molecular complexity index is 510. The monoisotopic (exact) mass is 253 g/mol. The second kappa shape index (κ2) is 4.47. The van der Waals surface area contributed by atoms with Gasteiger partial charge in [0.15, 0.2) is 5.82 Å². The molecule has 1 amide bonds. The van der Waals surface area contributed by atoms with Gasteiger partial charge < -0.3 is 11.2 Å². The molecule has 1 heterocycles. The summed E-state index contributed by atoms with van der Waals surface area (Å²) in [4.78, 5) is 23.7. The molecule has 1 aromatic rings. The summed E-state index contributed by atoms with van der Waals surface area (Å²) in [6.45, 7) is 3.58. The van der Waals surface area contributed by atoms with Gasteiger partial charge >= 0.3 is 11.7 Å². The summed E-state index contributed by atoms with van der Waals surface area (Å²) < 4.78 is 1.65. The van der Waals surface area contributed by atoms with Crippen LogP contribution in [0.15, 0.2) is 4.79 Å². The predicted molar refractivity (Wildman–Crippen MR) is 66.8 cm³/mol. The standard InChI is InChI=1S/C11H19N5O2/c1-8-14-16(10(18)15(8)12)9(17)13-11(2)6-4-3-5-7-11/h3-7,12H2,1-2H3,(H,13,17). The van der Waals surface area contributed by atoms with Crippen molar-refractivity contribution >= 4 is 6.03 Å². The van der Waals surface area contributed by atoms with Gasteiger partial charge in [0.2, 0.25) is 0 Å². The van der Waals surface area contributed by atoms with Crippen molar-refractivity contribution in [3.05, 3.63) is 16.3 Å². The van der Waals surface area contributed by atoms with E-state index in [9.17, 15) is 9.59 Å². The molecule has 0 atom stereocenters. The summed E-state index contributed by atoms with van der Waals surface area (Å²) >= 11 is 0. The Hall–Kier alpha value is -1.79. The minimum Gasteiger partial charge on any atom is -0.333 e. The van der Waals surface area contributed by atoms with Crippen molar-refractivity contribution in [2.75, 3.05) is 5.84 Å². The van der Waals surface area contributed by atoms with Crippen LogP contribution in [0.25, 0.3) is 0 Å². The maximum Gasteiger partial charge on any atom is 0.373 e. The number of nitrogens with two attached hydrogens (primary N) is 1. The number of nitrogen functional groups attached to an aromatic ring is 1. The topological polar surface area (TPSA) is 94.9 Å². The Kier molecular flexibility index (Phi) is 3.14. The summed E-state index contributed by atoms with van der Waals surface area (Å²) in [6.07, 6.45) is 5.24. The summed E-state index contributed by atoms with van der Waals surface area (Å²) in [5.74, 6) is 5.76. The van der Waals surface area contributed by atoms with Crippen LogP contribution in [0.3, 0.4) is 0 Å². The molecule has 0 aliphatic heterocycles. The first-order valence-electron chi connectivity index (χ1n) is 6.19. The third kappa shape index (κ3) is 2.25. The zero-order valence-corrected chi connectivity index (χ0v) is 10.8. The zero-order valence-electron chi connectivity index (χ0n) is 10.8. The van der Waals surface area contributed by atoms with E-state index in [4.69, 9.17) is 5.84 Å². The highest BCUT2D eigenvalue weighted by Gasteiger charge is 2.30. The number of nitrogens with one attached hydrogen (secondary N) is 1. The summed E-state index contributed by atoms with van der Waals surface area (Å²) in [6, 6.07) is -0.503. The molecule has 1 saturated carbocycles. The summed E-state index contributed by atoms with van der Waals surface area (Å²) in [5, 5.41) is 6.72. The molecule has 0 bridgehead atoms. The second-order valence-electron chi connectivity index (χ2n) is 5.16. The minimum absolute atomic E-state index is 0.249. The Labute approximate surface area is 105 Å². The predicted octanol–water partition coefficient (Wildman–Crippen LogP) is 0.348. The number of hydrogen-bond donors (Lipinski definition) is 2. The Balaban J connectivity index is 2.17. The maximum absolute atomic E-state index is 12.0. The van der Waals surface area contributed by atoms with Crippen LogP contribution in [0.5, 0.6) is 0 Å². The number of carbonyl (C=O) groups is 1. The average Bonchev–Trinajstić information content (AvgIpc) is 2.57. The van der Waals surface area contributed by atoms with E-state index < -0.39 is 11.7 Å². The molecule has 0 radical (unpaired) electrons. The van der Waals surface area contributed by atoms with Crippen LogP contribution in [-0.4, -0.2) is 26.0 Å². The zero-order chi connectivity index (χ0) is 13.3. The van der Waals surface area contributed by atoms with E-state index in [-0.39, 0.29) is 5.54 Å². The first-order chi connectivity index (χ1) is 8.43. The van der Waals surface area contributed by atoms with Crippen molar-refractivity contribution in [2.45, 2.75) is 51.5 Å². The lowest BCUT2D eigenvalue weighted by atomic mass is 9.83. The molecule has 1 fully saturated rings. The van der Waals surface area contributed by atoms with Crippen molar-refractivity contribution in [1.82, 2.24) is 19.8 Å². The maximum atomic E-state index is 12.0. The number of carbonyl (C=O) groups excluding carboxylic acids is 1. The van der Waals surface area contributed by atoms with E-state index in [1.165, 1.54) is 6.42 Å². The lowest BCUT2D eigenvalue weighted by Crippen LogP contribution is -2.51. The summed E-state index contributed by atoms with van der Waals surface area (Å²) in [7, 11) is 0. The van der Waals surface area contributed by atoms with Crippen LogP contribution in [0.2, 0.25) is 0 Å². The number of nitrogens with zero attached hydrogens (tertiary/aromatic N) is 3. The highest BCUT2D eigenvalue weighted by atomic mass is 16.2. The van der Waals surface area contributed by atoms with Gasteiger partial charge in [0.25, 0.3) is 0 Å². The van der Waals surface area contributed by atoms with Gasteiger partial charge in [-0.05, 0) is 26.7 Å². The normalized spacial score (nSPS) is 18.6. The van der Waals surface area contributed by atoms with Crippen molar-refractivity contribution in [3.63, 3.8) is 0 Å². The van der Waals surface area contributed by atoms with Crippen LogP contribution in [0.4, 0.5) is 4.79 Å². The molecule has 7 heteroatoms. The third-order valence-corrected chi connectivity index (χ3v) is 3.54. The Morgan fingerprint density at radius 2 is 2.00 bits per heavy atom. The number of amides is 1. The Morgan fingerprint density at radius 1 is 1.39 bits per heavy atom. The minimum atomic E-state index is -0.621. The fourth-order valence-electron chi connectivity index (χ4n) is 2.38. The van der Waals surface area contributed by atoms with Gasteiger partial charge in [-0.1, -0.05) is 19.3 Å². The molecular formula is C11H19N5O2. The van der Waals surface area contributed by atoms with Gasteiger partial charge in [0.1, 0.15) is 0 Å². The van der Waals surface area contributed by atoms with Crippen LogP contribution < -0.4 is 16.8 Å². The number of rotatable bonds is 1. The number of aryl methyl sites for hydroxylation is 1. The van der Waals surface area contributed by atoms with Gasteiger partial charge in [0.05, 0.1) is 0 Å². The van der Waals surface area contributed by atoms with Crippen LogP contribution in [0.1, 0.15) is 44.9 Å². The number of aromatic nitrogens is 3. The van der Waals surface area contributed by atoms with Crippen molar-refractivity contribution in [1.29, 1.82) is 0 Å².